The van der Waals surface area contributed by atoms with Crippen molar-refractivity contribution in [3.63, 3.8) is 0 Å². The van der Waals surface area contributed by atoms with E-state index >= 15 is 0 Å². The molecule has 0 bridgehead atoms. The molecular weight excluding hydrogens is 473 g/mol. The summed E-state index contributed by atoms with van der Waals surface area (Å²) in [5.74, 6) is -0.508. The molecule has 0 aliphatic carbocycles. The Morgan fingerprint density at radius 2 is 1.78 bits per heavy atom. The number of nitrogens with zero attached hydrogens (tertiary/aromatic N) is 2. The van der Waals surface area contributed by atoms with Crippen molar-refractivity contribution in [1.29, 1.82) is 0 Å². The van der Waals surface area contributed by atoms with E-state index in [0.29, 0.717) is 36.6 Å². The number of aryl methyl sites for hydroxylation is 2. The predicted molar refractivity (Wildman–Crippen MR) is 131 cm³/mol. The van der Waals surface area contributed by atoms with Crippen LogP contribution in [0.4, 0.5) is 18.9 Å². The zero-order valence-electron chi connectivity index (χ0n) is 20.4. The third-order valence-electron chi connectivity index (χ3n) is 5.74. The van der Waals surface area contributed by atoms with E-state index in [1.165, 1.54) is 12.1 Å². The third kappa shape index (κ3) is 7.21. The van der Waals surface area contributed by atoms with Crippen LogP contribution in [0.3, 0.4) is 0 Å². The van der Waals surface area contributed by atoms with Gasteiger partial charge in [-0.1, -0.05) is 18.2 Å². The van der Waals surface area contributed by atoms with Gasteiger partial charge < -0.3 is 19.5 Å². The minimum absolute atomic E-state index is 0.414. The van der Waals surface area contributed by atoms with Crippen LogP contribution in [0, 0.1) is 6.92 Å². The minimum Gasteiger partial charge on any atom is -0.482 e. The quantitative estimate of drug-likeness (QED) is 0.337. The second-order valence-electron chi connectivity index (χ2n) is 8.44. The number of aliphatic carboxylic acids is 1. The Morgan fingerprint density at radius 3 is 2.39 bits per heavy atom. The van der Waals surface area contributed by atoms with Gasteiger partial charge in [-0.15, -0.1) is 0 Å². The number of carboxylic acids is 1. The molecule has 0 radical (unpaired) electrons. The highest BCUT2D eigenvalue weighted by Crippen LogP contribution is 2.31. The maximum Gasteiger partial charge on any atom is 0.416 e. The summed E-state index contributed by atoms with van der Waals surface area (Å²) in [6.45, 7) is 2.59. The van der Waals surface area contributed by atoms with Crippen LogP contribution < -0.4 is 9.64 Å². The van der Waals surface area contributed by atoms with E-state index in [4.69, 9.17) is 14.6 Å². The van der Waals surface area contributed by atoms with Crippen molar-refractivity contribution in [3.8, 4) is 17.0 Å². The molecule has 3 rings (SSSR count). The molecule has 3 aromatic rings. The number of benzene rings is 2. The molecule has 0 aliphatic heterocycles. The fraction of sp³-hybridized carbons (Fsp3) is 0.333. The second kappa shape index (κ2) is 11.9. The number of anilines is 1. The van der Waals surface area contributed by atoms with Gasteiger partial charge in [0.25, 0.3) is 0 Å². The van der Waals surface area contributed by atoms with Crippen LogP contribution in [0.2, 0.25) is 0 Å². The summed E-state index contributed by atoms with van der Waals surface area (Å²) in [6, 6.07) is 14.3. The summed E-state index contributed by atoms with van der Waals surface area (Å²) in [5, 5.41) is 8.95. The fourth-order valence-electron chi connectivity index (χ4n) is 3.78. The van der Waals surface area contributed by atoms with Gasteiger partial charge in [0.1, 0.15) is 5.75 Å². The average molecular weight is 503 g/mol. The Labute approximate surface area is 208 Å². The summed E-state index contributed by atoms with van der Waals surface area (Å²) in [4.78, 5) is 17.6. The first-order valence-corrected chi connectivity index (χ1v) is 11.4. The van der Waals surface area contributed by atoms with E-state index in [9.17, 15) is 18.0 Å². The van der Waals surface area contributed by atoms with E-state index in [-0.39, 0.29) is 0 Å². The molecule has 1 heterocycles. The number of methoxy groups -OCH3 is 1. The number of hydrogen-bond acceptors (Lipinski definition) is 5. The number of ether oxygens (including phenoxy) is 2. The van der Waals surface area contributed by atoms with E-state index < -0.39 is 24.3 Å². The largest absolute Gasteiger partial charge is 0.482 e. The number of alkyl halides is 3. The lowest BCUT2D eigenvalue weighted by atomic mass is 10.1. The zero-order chi connectivity index (χ0) is 26.3. The van der Waals surface area contributed by atoms with Crippen molar-refractivity contribution in [3.05, 3.63) is 77.0 Å². The Balaban J connectivity index is 1.76. The zero-order valence-corrected chi connectivity index (χ0v) is 20.4. The first-order valence-electron chi connectivity index (χ1n) is 11.4. The van der Waals surface area contributed by atoms with Crippen molar-refractivity contribution in [2.75, 3.05) is 32.3 Å². The van der Waals surface area contributed by atoms with E-state index in [1.54, 1.807) is 19.2 Å². The highest BCUT2D eigenvalue weighted by atomic mass is 19.4. The number of rotatable bonds is 11. The maximum atomic E-state index is 12.8. The van der Waals surface area contributed by atoms with E-state index in [2.05, 4.69) is 4.98 Å². The Hall–Kier alpha value is -3.59. The third-order valence-corrected chi connectivity index (χ3v) is 5.74. The lowest BCUT2D eigenvalue weighted by Gasteiger charge is -2.22. The molecule has 0 spiro atoms. The van der Waals surface area contributed by atoms with Gasteiger partial charge in [-0.3, -0.25) is 4.98 Å². The molecule has 192 valence electrons. The van der Waals surface area contributed by atoms with Crippen molar-refractivity contribution in [2.45, 2.75) is 32.5 Å². The fourth-order valence-corrected chi connectivity index (χ4v) is 3.78. The molecule has 0 atom stereocenters. The lowest BCUT2D eigenvalue weighted by molar-refractivity contribution is -0.139. The number of carbonyl (C=O) groups is 1. The number of aromatic nitrogens is 1. The van der Waals surface area contributed by atoms with Crippen LogP contribution >= 0.6 is 0 Å². The van der Waals surface area contributed by atoms with Crippen LogP contribution in [0.5, 0.6) is 5.75 Å². The summed E-state index contributed by atoms with van der Waals surface area (Å²) < 4.78 is 49.1. The summed E-state index contributed by atoms with van der Waals surface area (Å²) in [6.07, 6.45) is -2.94. The molecule has 0 saturated carbocycles. The van der Waals surface area contributed by atoms with Gasteiger partial charge in [0.15, 0.2) is 6.61 Å². The van der Waals surface area contributed by atoms with Crippen molar-refractivity contribution in [1.82, 2.24) is 4.98 Å². The number of hydrogen-bond donors (Lipinski definition) is 1. The molecule has 0 unspecified atom stereocenters. The first kappa shape index (κ1) is 27.0. The van der Waals surface area contributed by atoms with Crippen LogP contribution in [0.25, 0.3) is 11.3 Å². The molecule has 6 nitrogen and oxygen atoms in total. The molecule has 2 aromatic carbocycles. The molecular formula is C27H29F3N2O4. The summed E-state index contributed by atoms with van der Waals surface area (Å²) in [5.41, 5.74) is 4.10. The predicted octanol–water partition coefficient (Wildman–Crippen LogP) is 5.75. The van der Waals surface area contributed by atoms with Crippen LogP contribution in [-0.4, -0.2) is 43.4 Å². The highest BCUT2D eigenvalue weighted by molar-refractivity contribution is 5.68. The van der Waals surface area contributed by atoms with Crippen LogP contribution in [0.15, 0.2) is 54.6 Å². The average Bonchev–Trinajstić information content (AvgIpc) is 2.84. The Morgan fingerprint density at radius 1 is 1.06 bits per heavy atom. The molecule has 1 N–H and O–H groups in total. The number of carboxylic acid groups (broad SMARTS) is 1. The first-order chi connectivity index (χ1) is 17.1. The smallest absolute Gasteiger partial charge is 0.416 e. The van der Waals surface area contributed by atoms with Gasteiger partial charge in [-0.05, 0) is 67.3 Å². The monoisotopic (exact) mass is 502 g/mol. The Bertz CT molecular complexity index is 1180. The molecule has 0 aliphatic rings. The molecule has 0 saturated heterocycles. The topological polar surface area (TPSA) is 71.9 Å². The Kier molecular flexibility index (Phi) is 8.93. The van der Waals surface area contributed by atoms with Gasteiger partial charge in [-0.25, -0.2) is 4.79 Å². The van der Waals surface area contributed by atoms with Gasteiger partial charge in [-0.2, -0.15) is 13.2 Å². The highest BCUT2D eigenvalue weighted by Gasteiger charge is 2.30. The van der Waals surface area contributed by atoms with Gasteiger partial charge in [0, 0.05) is 44.3 Å². The van der Waals surface area contributed by atoms with Crippen molar-refractivity contribution in [2.24, 2.45) is 0 Å². The minimum atomic E-state index is -4.37. The second-order valence-corrected chi connectivity index (χ2v) is 8.44. The normalized spacial score (nSPS) is 11.4. The summed E-state index contributed by atoms with van der Waals surface area (Å²) >= 11 is 0. The molecule has 1 aromatic heterocycles. The number of halogens is 3. The van der Waals surface area contributed by atoms with Crippen LogP contribution in [0.1, 0.15) is 28.8 Å². The molecule has 0 fully saturated rings. The van der Waals surface area contributed by atoms with E-state index in [1.807, 2.05) is 37.1 Å². The van der Waals surface area contributed by atoms with Crippen molar-refractivity contribution >= 4 is 11.7 Å². The lowest BCUT2D eigenvalue weighted by Crippen LogP contribution is -2.18. The van der Waals surface area contributed by atoms with Crippen LogP contribution in [-0.2, 0) is 28.7 Å². The van der Waals surface area contributed by atoms with Crippen molar-refractivity contribution < 1.29 is 32.5 Å². The van der Waals surface area contributed by atoms with Gasteiger partial charge >= 0.3 is 12.1 Å². The standard InChI is InChI=1S/C27H29F3N2O4/c1-18-21(8-12-24(31-18)19-6-9-22(10-7-19)27(28,29)30)16-32(2)23-11-13-25(36-17-26(33)34)20(15-23)5-4-14-35-3/h6-13,15H,4-5,14,16-17H2,1-3H3,(H,33,34). The van der Waals surface area contributed by atoms with E-state index in [0.717, 1.165) is 41.1 Å². The van der Waals surface area contributed by atoms with Gasteiger partial charge in [0.2, 0.25) is 0 Å². The number of pyridine rings is 1. The molecule has 0 amide bonds. The SMILES string of the molecule is COCCCc1cc(N(C)Cc2ccc(-c3ccc(C(F)(F)F)cc3)nc2C)ccc1OCC(=O)O. The molecule has 36 heavy (non-hydrogen) atoms. The van der Waals surface area contributed by atoms with Gasteiger partial charge in [0.05, 0.1) is 11.3 Å². The molecule has 9 heteroatoms. The summed E-state index contributed by atoms with van der Waals surface area (Å²) in [7, 11) is 3.57. The maximum absolute atomic E-state index is 12.8.